The number of nitrogens with zero attached hydrogens (tertiary/aromatic N) is 4. The topological polar surface area (TPSA) is 109 Å². The Labute approximate surface area is 158 Å². The first-order chi connectivity index (χ1) is 12.9. The van der Waals surface area contributed by atoms with E-state index in [2.05, 4.69) is 9.97 Å². The van der Waals surface area contributed by atoms with E-state index in [1.807, 2.05) is 17.8 Å². The molecule has 2 aromatic heterocycles. The molecule has 27 heavy (non-hydrogen) atoms. The Morgan fingerprint density at radius 1 is 1.26 bits per heavy atom. The van der Waals surface area contributed by atoms with E-state index in [1.165, 1.54) is 18.3 Å². The maximum absolute atomic E-state index is 12.6. The molecule has 0 saturated carbocycles. The SMILES string of the molecule is CN(CCCc1nccn1C)C(=O)C(CO)CCc1cc(C(=O)O)ccn1. The third kappa shape index (κ3) is 5.89. The molecule has 1 amide bonds. The first-order valence-corrected chi connectivity index (χ1v) is 8.92. The first-order valence-electron chi connectivity index (χ1n) is 8.92. The second-order valence-electron chi connectivity index (χ2n) is 6.58. The van der Waals surface area contributed by atoms with Gasteiger partial charge in [0.25, 0.3) is 0 Å². The van der Waals surface area contributed by atoms with Crippen LogP contribution in [-0.2, 0) is 24.7 Å². The molecule has 2 N–H and O–H groups in total. The number of carboxylic acids is 1. The molecule has 8 heteroatoms. The lowest BCUT2D eigenvalue weighted by Gasteiger charge is -2.22. The molecule has 0 aliphatic heterocycles. The molecule has 1 unspecified atom stereocenters. The van der Waals surface area contributed by atoms with Crippen LogP contribution in [0.3, 0.4) is 0 Å². The number of imidazole rings is 1. The maximum atomic E-state index is 12.6. The fourth-order valence-corrected chi connectivity index (χ4v) is 2.90. The van der Waals surface area contributed by atoms with Gasteiger partial charge in [-0.3, -0.25) is 9.78 Å². The Bertz CT molecular complexity index is 775. The van der Waals surface area contributed by atoms with E-state index in [-0.39, 0.29) is 18.1 Å². The zero-order valence-corrected chi connectivity index (χ0v) is 15.7. The summed E-state index contributed by atoms with van der Waals surface area (Å²) in [6, 6.07) is 2.92. The summed E-state index contributed by atoms with van der Waals surface area (Å²) in [4.78, 5) is 33.6. The van der Waals surface area contributed by atoms with Crippen LogP contribution < -0.4 is 0 Å². The number of aryl methyl sites for hydroxylation is 3. The van der Waals surface area contributed by atoms with Gasteiger partial charge in [0.15, 0.2) is 0 Å². The summed E-state index contributed by atoms with van der Waals surface area (Å²) >= 11 is 0. The molecular formula is C19H26N4O4. The van der Waals surface area contributed by atoms with Gasteiger partial charge in [0.2, 0.25) is 5.91 Å². The van der Waals surface area contributed by atoms with Crippen molar-refractivity contribution >= 4 is 11.9 Å². The standard InChI is InChI=1S/C19H26N4O4/c1-22-11-9-21-17(22)4-3-10-23(2)18(25)15(13-24)5-6-16-12-14(19(26)27)7-8-20-16/h7-9,11-12,15,24H,3-6,10,13H2,1-2H3,(H,26,27). The Morgan fingerprint density at radius 2 is 2.04 bits per heavy atom. The minimum absolute atomic E-state index is 0.119. The summed E-state index contributed by atoms with van der Waals surface area (Å²) in [6.45, 7) is 0.329. The monoisotopic (exact) mass is 374 g/mol. The smallest absolute Gasteiger partial charge is 0.335 e. The van der Waals surface area contributed by atoms with Crippen LogP contribution in [0.1, 0.15) is 34.7 Å². The average Bonchev–Trinajstić information content (AvgIpc) is 3.07. The molecule has 0 aromatic carbocycles. The zero-order chi connectivity index (χ0) is 19.8. The fraction of sp³-hybridized carbons (Fsp3) is 0.474. The molecule has 0 saturated heterocycles. The minimum Gasteiger partial charge on any atom is -0.478 e. The second-order valence-corrected chi connectivity index (χ2v) is 6.58. The number of aliphatic hydroxyl groups excluding tert-OH is 1. The van der Waals surface area contributed by atoms with Crippen molar-refractivity contribution in [1.82, 2.24) is 19.4 Å². The number of aromatic carboxylic acids is 1. The Morgan fingerprint density at radius 3 is 2.67 bits per heavy atom. The van der Waals surface area contributed by atoms with E-state index in [0.717, 1.165) is 18.7 Å². The maximum Gasteiger partial charge on any atom is 0.335 e. The molecular weight excluding hydrogens is 348 g/mol. The molecule has 0 fully saturated rings. The van der Waals surface area contributed by atoms with E-state index in [1.54, 1.807) is 18.1 Å². The van der Waals surface area contributed by atoms with Crippen LogP contribution in [0.2, 0.25) is 0 Å². The van der Waals surface area contributed by atoms with Crippen LogP contribution in [0.5, 0.6) is 0 Å². The molecule has 0 aliphatic carbocycles. The van der Waals surface area contributed by atoms with Crippen molar-refractivity contribution < 1.29 is 19.8 Å². The molecule has 0 spiro atoms. The summed E-state index contributed by atoms with van der Waals surface area (Å²) < 4.78 is 1.95. The van der Waals surface area contributed by atoms with Gasteiger partial charge >= 0.3 is 5.97 Å². The van der Waals surface area contributed by atoms with Gasteiger partial charge in [-0.2, -0.15) is 0 Å². The van der Waals surface area contributed by atoms with Crippen LogP contribution >= 0.6 is 0 Å². The summed E-state index contributed by atoms with van der Waals surface area (Å²) in [5, 5.41) is 18.6. The number of carbonyl (C=O) groups excluding carboxylic acids is 1. The summed E-state index contributed by atoms with van der Waals surface area (Å²) in [6.07, 6.45) is 7.48. The van der Waals surface area contributed by atoms with Crippen LogP contribution in [0.25, 0.3) is 0 Å². The number of aliphatic hydroxyl groups is 1. The van der Waals surface area contributed by atoms with Gasteiger partial charge in [0.1, 0.15) is 5.82 Å². The van der Waals surface area contributed by atoms with Crippen molar-refractivity contribution in [3.63, 3.8) is 0 Å². The minimum atomic E-state index is -1.01. The Hall–Kier alpha value is -2.74. The van der Waals surface area contributed by atoms with Gasteiger partial charge in [0.05, 0.1) is 18.1 Å². The number of aromatic nitrogens is 3. The van der Waals surface area contributed by atoms with Crippen LogP contribution in [0.15, 0.2) is 30.7 Å². The van der Waals surface area contributed by atoms with Crippen molar-refractivity contribution in [3.8, 4) is 0 Å². The molecule has 0 bridgehead atoms. The molecule has 0 radical (unpaired) electrons. The van der Waals surface area contributed by atoms with Crippen molar-refractivity contribution in [2.45, 2.75) is 25.7 Å². The van der Waals surface area contributed by atoms with Gasteiger partial charge in [-0.15, -0.1) is 0 Å². The molecule has 0 aliphatic rings. The van der Waals surface area contributed by atoms with Crippen molar-refractivity contribution in [3.05, 3.63) is 47.8 Å². The second kappa shape index (κ2) is 9.82. The largest absolute Gasteiger partial charge is 0.478 e. The first kappa shape index (κ1) is 20.6. The molecule has 1 atom stereocenters. The lowest BCUT2D eigenvalue weighted by atomic mass is 10.0. The summed E-state index contributed by atoms with van der Waals surface area (Å²) in [5.41, 5.74) is 0.761. The summed E-state index contributed by atoms with van der Waals surface area (Å²) in [5.74, 6) is -0.690. The molecule has 2 heterocycles. The normalized spacial score (nSPS) is 12.0. The average molecular weight is 374 g/mol. The van der Waals surface area contributed by atoms with Crippen LogP contribution in [0.4, 0.5) is 0 Å². The number of rotatable bonds is 10. The number of pyridine rings is 1. The van der Waals surface area contributed by atoms with E-state index >= 15 is 0 Å². The van der Waals surface area contributed by atoms with E-state index in [0.29, 0.717) is 25.1 Å². The number of carbonyl (C=O) groups is 2. The number of hydrogen-bond donors (Lipinski definition) is 2. The van der Waals surface area contributed by atoms with Gasteiger partial charge in [-0.25, -0.2) is 9.78 Å². The number of hydrogen-bond acceptors (Lipinski definition) is 5. The van der Waals surface area contributed by atoms with Gasteiger partial charge in [0, 0.05) is 51.3 Å². The van der Waals surface area contributed by atoms with Gasteiger partial charge in [-0.05, 0) is 31.4 Å². The van der Waals surface area contributed by atoms with E-state index in [4.69, 9.17) is 5.11 Å². The van der Waals surface area contributed by atoms with Gasteiger partial charge in [-0.1, -0.05) is 0 Å². The predicted molar refractivity (Wildman–Crippen MR) is 99.3 cm³/mol. The quantitative estimate of drug-likeness (QED) is 0.646. The molecule has 8 nitrogen and oxygen atoms in total. The van der Waals surface area contributed by atoms with Gasteiger partial charge < -0.3 is 19.7 Å². The molecule has 2 aromatic rings. The molecule has 2 rings (SSSR count). The number of carboxylic acid groups (broad SMARTS) is 1. The van der Waals surface area contributed by atoms with Crippen LogP contribution in [0, 0.1) is 5.92 Å². The molecule has 146 valence electrons. The van der Waals surface area contributed by atoms with E-state index < -0.39 is 11.9 Å². The third-order valence-electron chi connectivity index (χ3n) is 4.57. The van der Waals surface area contributed by atoms with Crippen molar-refractivity contribution in [2.24, 2.45) is 13.0 Å². The Balaban J connectivity index is 1.84. The third-order valence-corrected chi connectivity index (χ3v) is 4.57. The highest BCUT2D eigenvalue weighted by Gasteiger charge is 2.21. The number of amides is 1. The summed E-state index contributed by atoms with van der Waals surface area (Å²) in [7, 11) is 3.67. The Kier molecular flexibility index (Phi) is 7.48. The lowest BCUT2D eigenvalue weighted by molar-refractivity contribution is -0.135. The lowest BCUT2D eigenvalue weighted by Crippen LogP contribution is -2.35. The van der Waals surface area contributed by atoms with E-state index in [9.17, 15) is 14.7 Å². The highest BCUT2D eigenvalue weighted by Crippen LogP contribution is 2.13. The fourth-order valence-electron chi connectivity index (χ4n) is 2.90. The highest BCUT2D eigenvalue weighted by molar-refractivity contribution is 5.87. The van der Waals surface area contributed by atoms with Crippen LogP contribution in [-0.4, -0.2) is 61.7 Å². The predicted octanol–water partition coefficient (Wildman–Crippen LogP) is 1.15. The van der Waals surface area contributed by atoms with Crippen molar-refractivity contribution in [1.29, 1.82) is 0 Å². The zero-order valence-electron chi connectivity index (χ0n) is 15.7. The van der Waals surface area contributed by atoms with Crippen molar-refractivity contribution in [2.75, 3.05) is 20.2 Å². The highest BCUT2D eigenvalue weighted by atomic mass is 16.4.